The number of fused-ring (bicyclic) bond motifs is 1. The van der Waals surface area contributed by atoms with Crippen molar-refractivity contribution >= 4 is 16.9 Å². The summed E-state index contributed by atoms with van der Waals surface area (Å²) in [5, 5.41) is 2.85. The Morgan fingerprint density at radius 2 is 1.79 bits per heavy atom. The van der Waals surface area contributed by atoms with Crippen molar-refractivity contribution in [2.45, 2.75) is 39.4 Å². The molecule has 0 aliphatic carbocycles. The van der Waals surface area contributed by atoms with Gasteiger partial charge in [-0.05, 0) is 36.8 Å². The third-order valence-electron chi connectivity index (χ3n) is 5.27. The smallest absolute Gasteiger partial charge is 0.329 e. The van der Waals surface area contributed by atoms with Crippen LogP contribution in [0.5, 0.6) is 11.6 Å². The number of para-hydroxylation sites is 2. The van der Waals surface area contributed by atoms with Gasteiger partial charge in [-0.2, -0.15) is 0 Å². The molecule has 2 heterocycles. The Bertz CT molecular complexity index is 1330. The van der Waals surface area contributed by atoms with Gasteiger partial charge in [0, 0.05) is 43.9 Å². The molecule has 170 valence electrons. The van der Waals surface area contributed by atoms with Crippen molar-refractivity contribution in [3.8, 4) is 11.6 Å². The molecule has 0 saturated heterocycles. The van der Waals surface area contributed by atoms with Gasteiger partial charge in [-0.25, -0.2) is 14.2 Å². The molecular weight excluding hydrogens is 423 g/mol. The van der Waals surface area contributed by atoms with E-state index in [4.69, 9.17) is 4.74 Å². The van der Waals surface area contributed by atoms with Crippen LogP contribution in [0.3, 0.4) is 0 Å². The zero-order chi connectivity index (χ0) is 23.2. The zero-order valence-electron chi connectivity index (χ0n) is 18.3. The number of carbonyl (C=O) groups is 1. The number of hydrogen-bond acceptors (Lipinski definition) is 4. The van der Waals surface area contributed by atoms with Gasteiger partial charge in [-0.15, -0.1) is 0 Å². The van der Waals surface area contributed by atoms with Crippen molar-refractivity contribution in [3.05, 3.63) is 88.7 Å². The van der Waals surface area contributed by atoms with Crippen molar-refractivity contribution in [1.29, 1.82) is 0 Å². The van der Waals surface area contributed by atoms with Crippen LogP contribution in [0.25, 0.3) is 11.0 Å². The van der Waals surface area contributed by atoms with Crippen LogP contribution < -0.4 is 15.7 Å². The van der Waals surface area contributed by atoms with Gasteiger partial charge in [0.2, 0.25) is 11.8 Å². The Labute approximate surface area is 190 Å². The Morgan fingerprint density at radius 1 is 1.03 bits per heavy atom. The fourth-order valence-corrected chi connectivity index (χ4v) is 3.72. The number of amides is 1. The van der Waals surface area contributed by atoms with Crippen molar-refractivity contribution in [2.75, 3.05) is 0 Å². The third-order valence-corrected chi connectivity index (χ3v) is 5.27. The van der Waals surface area contributed by atoms with Gasteiger partial charge in [-0.1, -0.05) is 31.2 Å². The van der Waals surface area contributed by atoms with Gasteiger partial charge in [0.25, 0.3) is 0 Å². The number of ether oxygens (including phenoxy) is 1. The Balaban J connectivity index is 1.41. The molecule has 0 bridgehead atoms. The topological polar surface area (TPSA) is 78.2 Å². The lowest BCUT2D eigenvalue weighted by Gasteiger charge is -2.11. The second-order valence-electron chi connectivity index (χ2n) is 7.63. The van der Waals surface area contributed by atoms with Crippen molar-refractivity contribution in [3.63, 3.8) is 0 Å². The minimum atomic E-state index is -0.409. The van der Waals surface area contributed by atoms with E-state index in [1.54, 1.807) is 39.6 Å². The van der Waals surface area contributed by atoms with Gasteiger partial charge in [-0.3, -0.25) is 13.9 Å². The number of carbonyl (C=O) groups excluding carboxylic acids is 1. The quantitative estimate of drug-likeness (QED) is 0.415. The van der Waals surface area contributed by atoms with Gasteiger partial charge in [0.15, 0.2) is 0 Å². The first-order chi connectivity index (χ1) is 16.1. The average molecular weight is 448 g/mol. The molecule has 0 aliphatic rings. The average Bonchev–Trinajstić information content (AvgIpc) is 3.08. The lowest BCUT2D eigenvalue weighted by atomic mass is 10.2. The molecule has 0 radical (unpaired) electrons. The molecule has 1 N–H and O–H groups in total. The van der Waals surface area contributed by atoms with Crippen LogP contribution in [0, 0.1) is 5.82 Å². The highest BCUT2D eigenvalue weighted by atomic mass is 19.1. The SMILES string of the molecule is CCCn1c(=O)n(CCC(=O)NCc2cccnc2Oc2cccc(F)c2)c2ccccc21. The maximum atomic E-state index is 13.4. The summed E-state index contributed by atoms with van der Waals surface area (Å²) in [6, 6.07) is 16.9. The second-order valence-corrected chi connectivity index (χ2v) is 7.63. The fourth-order valence-electron chi connectivity index (χ4n) is 3.72. The molecule has 0 unspecified atom stereocenters. The van der Waals surface area contributed by atoms with Crippen LogP contribution in [0.4, 0.5) is 4.39 Å². The fraction of sp³-hybridized carbons (Fsp3) is 0.240. The number of pyridine rings is 1. The Kier molecular flexibility index (Phi) is 6.83. The van der Waals surface area contributed by atoms with E-state index in [1.807, 2.05) is 31.2 Å². The number of rotatable bonds is 9. The molecule has 0 atom stereocenters. The molecule has 2 aromatic heterocycles. The summed E-state index contributed by atoms with van der Waals surface area (Å²) >= 11 is 0. The molecule has 7 nitrogen and oxygen atoms in total. The highest BCUT2D eigenvalue weighted by Gasteiger charge is 2.14. The number of benzene rings is 2. The Morgan fingerprint density at radius 3 is 2.52 bits per heavy atom. The van der Waals surface area contributed by atoms with E-state index in [2.05, 4.69) is 10.3 Å². The Hall–Kier alpha value is -3.94. The monoisotopic (exact) mass is 448 g/mol. The molecule has 0 saturated carbocycles. The summed E-state index contributed by atoms with van der Waals surface area (Å²) in [6.07, 6.45) is 2.57. The molecule has 4 rings (SSSR count). The normalized spacial score (nSPS) is 11.0. The van der Waals surface area contributed by atoms with Crippen LogP contribution in [0.2, 0.25) is 0 Å². The summed E-state index contributed by atoms with van der Waals surface area (Å²) in [7, 11) is 0. The predicted octanol–water partition coefficient (Wildman–Crippen LogP) is 4.25. The zero-order valence-corrected chi connectivity index (χ0v) is 18.3. The van der Waals surface area contributed by atoms with E-state index in [0.29, 0.717) is 23.7 Å². The molecule has 0 fully saturated rings. The van der Waals surface area contributed by atoms with Gasteiger partial charge in [0.05, 0.1) is 11.0 Å². The maximum absolute atomic E-state index is 13.4. The molecular formula is C25H25FN4O3. The molecule has 0 spiro atoms. The van der Waals surface area contributed by atoms with Crippen molar-refractivity contribution < 1.29 is 13.9 Å². The van der Waals surface area contributed by atoms with E-state index < -0.39 is 5.82 Å². The van der Waals surface area contributed by atoms with Gasteiger partial charge in [0.1, 0.15) is 11.6 Å². The van der Waals surface area contributed by atoms with E-state index in [-0.39, 0.29) is 31.1 Å². The maximum Gasteiger partial charge on any atom is 0.329 e. The van der Waals surface area contributed by atoms with Crippen LogP contribution in [-0.2, 0) is 24.4 Å². The minimum Gasteiger partial charge on any atom is -0.439 e. The first-order valence-electron chi connectivity index (χ1n) is 10.9. The van der Waals surface area contributed by atoms with E-state index >= 15 is 0 Å². The lowest BCUT2D eigenvalue weighted by molar-refractivity contribution is -0.121. The molecule has 2 aromatic carbocycles. The number of nitrogens with zero attached hydrogens (tertiary/aromatic N) is 3. The first-order valence-corrected chi connectivity index (χ1v) is 10.9. The molecule has 0 aliphatic heterocycles. The number of aryl methyl sites for hydroxylation is 2. The van der Waals surface area contributed by atoms with Gasteiger partial charge >= 0.3 is 5.69 Å². The summed E-state index contributed by atoms with van der Waals surface area (Å²) in [4.78, 5) is 29.6. The number of aromatic nitrogens is 3. The largest absolute Gasteiger partial charge is 0.439 e. The lowest BCUT2D eigenvalue weighted by Crippen LogP contribution is -2.28. The number of imidazole rings is 1. The molecule has 8 heteroatoms. The van der Waals surface area contributed by atoms with Crippen LogP contribution in [0.1, 0.15) is 25.3 Å². The summed E-state index contributed by atoms with van der Waals surface area (Å²) < 4.78 is 22.5. The minimum absolute atomic E-state index is 0.108. The predicted molar refractivity (Wildman–Crippen MR) is 124 cm³/mol. The van der Waals surface area contributed by atoms with Crippen LogP contribution >= 0.6 is 0 Å². The van der Waals surface area contributed by atoms with Gasteiger partial charge < -0.3 is 10.1 Å². The third kappa shape index (κ3) is 5.11. The van der Waals surface area contributed by atoms with Crippen molar-refractivity contribution in [1.82, 2.24) is 19.4 Å². The van der Waals surface area contributed by atoms with Crippen LogP contribution in [-0.4, -0.2) is 20.0 Å². The summed E-state index contributed by atoms with van der Waals surface area (Å²) in [5.41, 5.74) is 2.25. The molecule has 4 aromatic rings. The highest BCUT2D eigenvalue weighted by molar-refractivity contribution is 5.78. The first kappa shape index (κ1) is 22.3. The molecule has 33 heavy (non-hydrogen) atoms. The van der Waals surface area contributed by atoms with E-state index in [1.165, 1.54) is 12.1 Å². The molecule has 1 amide bonds. The second kappa shape index (κ2) is 10.1. The van der Waals surface area contributed by atoms with E-state index in [0.717, 1.165) is 17.5 Å². The summed E-state index contributed by atoms with van der Waals surface area (Å²) in [6.45, 7) is 3.13. The van der Waals surface area contributed by atoms with Crippen LogP contribution in [0.15, 0.2) is 71.7 Å². The highest BCUT2D eigenvalue weighted by Crippen LogP contribution is 2.23. The number of nitrogens with one attached hydrogen (secondary N) is 1. The number of hydrogen-bond donors (Lipinski definition) is 1. The van der Waals surface area contributed by atoms with Crippen molar-refractivity contribution in [2.24, 2.45) is 0 Å². The number of halogens is 1. The van der Waals surface area contributed by atoms with E-state index in [9.17, 15) is 14.0 Å². The standard InChI is InChI=1S/C25H25FN4O3/c1-2-14-29-21-10-3-4-11-22(21)30(25(29)32)15-12-23(31)28-17-18-7-6-13-27-24(18)33-20-9-5-8-19(26)16-20/h3-11,13,16H,2,12,14-15,17H2,1H3,(H,28,31). The summed E-state index contributed by atoms with van der Waals surface area (Å²) in [5.74, 6) is 0.00924.